The van der Waals surface area contributed by atoms with Crippen molar-refractivity contribution < 1.29 is 157 Å². The van der Waals surface area contributed by atoms with Crippen molar-refractivity contribution in [2.45, 2.75) is 269 Å². The highest BCUT2D eigenvalue weighted by Crippen LogP contribution is 2.64. The van der Waals surface area contributed by atoms with E-state index in [4.69, 9.17) is 34.4 Å². The number of thioether (sulfide) groups is 1. The van der Waals surface area contributed by atoms with Crippen molar-refractivity contribution in [3.05, 3.63) is 54.1 Å². The van der Waals surface area contributed by atoms with Gasteiger partial charge >= 0.3 is 53.6 Å². The molecule has 0 unspecified atom stereocenters. The van der Waals surface area contributed by atoms with E-state index in [1.165, 1.54) is 39.4 Å². The molecule has 3 aliphatic heterocycles. The van der Waals surface area contributed by atoms with Gasteiger partial charge in [0.2, 0.25) is 82.7 Å². The van der Waals surface area contributed by atoms with E-state index in [0.717, 1.165) is 4.90 Å². The fourth-order valence-electron chi connectivity index (χ4n) is 14.9. The average molecular weight is 2020 g/mol. The summed E-state index contributed by atoms with van der Waals surface area (Å²) < 4.78 is 239. The van der Waals surface area contributed by atoms with Crippen LogP contribution in [-0.4, -0.2) is 320 Å². The van der Waals surface area contributed by atoms with Gasteiger partial charge in [-0.15, -0.1) is 0 Å². The number of aliphatic carboxylic acids is 1. The third-order valence-corrected chi connectivity index (χ3v) is 23.0. The molecule has 14 amide bonds. The molecule has 776 valence electrons. The van der Waals surface area contributed by atoms with Gasteiger partial charge < -0.3 is 117 Å². The Kier molecular flexibility index (Phi) is 43.7. The molecule has 138 heavy (non-hydrogen) atoms. The Morgan fingerprint density at radius 1 is 0.493 bits per heavy atom. The molecule has 0 aliphatic carbocycles. The second-order valence-corrected chi connectivity index (χ2v) is 34.2. The highest BCUT2D eigenvalue weighted by atomic mass is 32.2. The number of nitrogens with two attached hydrogens (primary N) is 6. The van der Waals surface area contributed by atoms with Gasteiger partial charge in [-0.25, -0.2) is 9.78 Å². The van der Waals surface area contributed by atoms with Gasteiger partial charge in [0.25, 0.3) is 0 Å². The van der Waals surface area contributed by atoms with Gasteiger partial charge in [0.15, 0.2) is 11.9 Å². The summed E-state index contributed by atoms with van der Waals surface area (Å²) in [6.07, 6.45) is -12.5. The molecule has 0 spiro atoms. The lowest BCUT2D eigenvalue weighted by molar-refractivity contribution is -0.461. The number of unbranched alkanes of at least 4 members (excludes halogenated alkanes) is 1. The van der Waals surface area contributed by atoms with Crippen LogP contribution in [0.2, 0.25) is 0 Å². The highest BCUT2D eigenvalue weighted by molar-refractivity contribution is 7.98. The topological polar surface area (TPSA) is 636 Å². The molecule has 3 aliphatic rings. The number of carboxylic acid groups (broad SMARTS) is 1. The smallest absolute Gasteiger partial charge is 0.460 e. The van der Waals surface area contributed by atoms with Crippen LogP contribution >= 0.6 is 11.8 Å². The number of likely N-dealkylation sites (tertiary alicyclic amines) is 3. The van der Waals surface area contributed by atoms with Gasteiger partial charge in [-0.1, -0.05) is 44.2 Å². The number of alkyl halides is 17. The van der Waals surface area contributed by atoms with Gasteiger partial charge in [-0.05, 0) is 133 Å². The highest BCUT2D eigenvalue weighted by Gasteiger charge is 2.95. The molecule has 3 saturated heterocycles. The molecule has 1 aromatic carbocycles. The molecule has 3 fully saturated rings. The first-order valence-electron chi connectivity index (χ1n) is 43.3. The van der Waals surface area contributed by atoms with Gasteiger partial charge in [-0.2, -0.15) is 86.4 Å². The lowest BCUT2D eigenvalue weighted by Crippen LogP contribution is -2.74. The van der Waals surface area contributed by atoms with Crippen LogP contribution in [0, 0.1) is 5.92 Å². The first kappa shape index (κ1) is 117. The number of hydrogen-bond acceptors (Lipinski definition) is 21. The molecule has 5 rings (SSSR count). The molecule has 2 aromatic rings. The number of halogens is 17. The number of primary amides is 1. The van der Waals surface area contributed by atoms with Crippen molar-refractivity contribution in [1.82, 2.24) is 77.8 Å². The van der Waals surface area contributed by atoms with Crippen molar-refractivity contribution in [2.24, 2.45) is 50.3 Å². The molecule has 0 radical (unpaired) electrons. The van der Waals surface area contributed by atoms with Gasteiger partial charge in [0, 0.05) is 76.7 Å². The Labute approximate surface area is 781 Å². The minimum absolute atomic E-state index is 0.0306. The van der Waals surface area contributed by atoms with Crippen LogP contribution in [-0.2, 0) is 84.8 Å². The molecule has 1 aromatic heterocycles. The van der Waals surface area contributed by atoms with E-state index in [0.29, 0.717) is 30.6 Å². The van der Waals surface area contributed by atoms with E-state index < -0.39 is 285 Å². The molecule has 4 heterocycles. The van der Waals surface area contributed by atoms with Crippen LogP contribution < -0.4 is 87.6 Å². The number of aliphatic hydroxyl groups is 1. The summed E-state index contributed by atoms with van der Waals surface area (Å²) in [6.45, 7) is 0.533. The second kappa shape index (κ2) is 51.7. The monoisotopic (exact) mass is 2020 g/mol. The lowest BCUT2D eigenvalue weighted by Gasteiger charge is -2.42. The van der Waals surface area contributed by atoms with E-state index in [9.17, 15) is 157 Å². The van der Waals surface area contributed by atoms with E-state index in [2.05, 4.69) is 67.8 Å². The van der Waals surface area contributed by atoms with E-state index >= 15 is 0 Å². The predicted octanol–water partition coefficient (Wildman–Crippen LogP) is -0.185. The number of amides is 14. The molecular formula is C80H114F17N23O17S. The van der Waals surface area contributed by atoms with Crippen LogP contribution in [0.1, 0.15) is 147 Å². The number of carbonyl (C=O) groups is 15. The molecular weight excluding hydrogens is 1910 g/mol. The van der Waals surface area contributed by atoms with E-state index in [-0.39, 0.29) is 116 Å². The number of rotatable bonds is 57. The Morgan fingerprint density at radius 3 is 1.41 bits per heavy atom. The minimum Gasteiger partial charge on any atom is -0.480 e. The number of aromatic amines is 1. The number of H-pyrrole nitrogens is 1. The largest absolute Gasteiger partial charge is 0.480 e. The van der Waals surface area contributed by atoms with Crippen molar-refractivity contribution >= 4 is 112 Å². The van der Waals surface area contributed by atoms with Gasteiger partial charge in [-0.3, -0.25) is 77.1 Å². The molecule has 0 saturated carbocycles. The van der Waals surface area contributed by atoms with Crippen LogP contribution in [0.5, 0.6) is 0 Å². The number of guanidine groups is 2. The second-order valence-electron chi connectivity index (χ2n) is 33.2. The minimum atomic E-state index is -8.94. The van der Waals surface area contributed by atoms with Crippen molar-refractivity contribution in [3.8, 4) is 0 Å². The first-order valence-corrected chi connectivity index (χ1v) is 44.7. The normalized spacial score (nSPS) is 17.6. The fraction of sp³-hybridized carbons (Fsp3) is 0.675. The standard InChI is InChI=1S/C80H114F17N23O17S/c1-41(2)34-49(62(128)117-52(39-121)64(130)115-50(36-43-37-104-40-108-43)63(129)110-44(16-7-8-27-98)59(125)107-38-58(124)118-30-11-19-53(118)65(131)113-48(25-33-138-3)69(135)120-32-13-21-55(120)67(133)116-51(70(136)137)35-42-14-5-4-6-15-42)114-60(126)45(17-9-28-105-71(100)101)111-66(132)54-20-12-31-119(54)68(134)47(18-10-29-106-72(102)103)112-61(127)46(22-23-56(99)122)109-57(123)24-26-73(81,82)74(83,84)75(85,86)76(87,88)77(89,90)78(91,92)79(93,94)80(95,96)97/h4-6,14-15,37,40-41,44-55,121H,7-13,16-36,38-39,98H2,1-3H3,(H2,99,122)(H,104,108)(H,107,125)(H,109,123)(H,110,129)(H,111,132)(H,112,127)(H,113,131)(H,114,126)(H,115,130)(H,116,133)(H,117,128)(H,136,137)(H4,100,101,105)(H4,102,103,106)/t44-,45-,46-,47-,48-,49-,50-,51-,52-,53-,54-,55-/m0/s1. The van der Waals surface area contributed by atoms with Crippen LogP contribution in [0.25, 0.3) is 0 Å². The number of nitrogens with zero attached hydrogens (tertiary/aromatic N) is 6. The van der Waals surface area contributed by atoms with Crippen LogP contribution in [0.3, 0.4) is 0 Å². The third-order valence-electron chi connectivity index (χ3n) is 22.4. The van der Waals surface area contributed by atoms with Crippen LogP contribution in [0.15, 0.2) is 52.8 Å². The average Bonchev–Trinajstić information content (AvgIpc) is 0.785. The molecule has 12 atom stereocenters. The maximum absolute atomic E-state index is 15.0. The summed E-state index contributed by atoms with van der Waals surface area (Å²) in [5.74, 6) is -77.3. The summed E-state index contributed by atoms with van der Waals surface area (Å²) in [7, 11) is 0. The van der Waals surface area contributed by atoms with Crippen LogP contribution in [0.4, 0.5) is 74.6 Å². The SMILES string of the molecule is CSCC[C@H](NC(=O)[C@@H]1CCCN1C(=O)CNC(=O)[C@H](CCCCN)NC(=O)[C@H](Cc1cnc[nH]1)NC(=O)[C@H](CO)NC(=O)[C@H](CC(C)C)NC(=O)[C@H](CCCN=C(N)N)NC(=O)[C@@H]1CCCN1C(=O)[C@H](CCCN=C(N)N)NC(=O)[C@H](CCC(N)=O)NC(=O)CCC(F)(F)C(F)(F)C(F)(F)C(F)(F)C(F)(F)C(F)(F)C(F)(F)C(F)(F)F)C(=O)N1CCC[C@H]1C(=O)N[C@@H](Cc1ccccc1)C(=O)O. The zero-order valence-corrected chi connectivity index (χ0v) is 75.6. The molecule has 58 heteroatoms. The number of nitrogens with one attached hydrogen (secondary N) is 11. The Hall–Kier alpha value is -11.9. The number of aliphatic hydroxyl groups excluding tert-OH is 1. The van der Waals surface area contributed by atoms with Crippen molar-refractivity contribution in [2.75, 3.05) is 64.4 Å². The Morgan fingerprint density at radius 2 is 0.920 bits per heavy atom. The number of carboxylic acids is 1. The summed E-state index contributed by atoms with van der Waals surface area (Å²) in [4.78, 5) is 227. The summed E-state index contributed by atoms with van der Waals surface area (Å²) >= 11 is 1.37. The number of carbonyl (C=O) groups excluding carboxylic acids is 14. The number of aromatic nitrogens is 2. The Bertz CT molecular complexity index is 4570. The zero-order valence-electron chi connectivity index (χ0n) is 74.8. The number of benzene rings is 1. The maximum Gasteiger partial charge on any atom is 0.460 e. The number of imidazole rings is 1. The third kappa shape index (κ3) is 31.3. The number of aliphatic imine (C=N–C) groups is 2. The quantitative estimate of drug-likeness (QED) is 0.0177. The van der Waals surface area contributed by atoms with Crippen molar-refractivity contribution in [1.29, 1.82) is 0 Å². The fourth-order valence-corrected chi connectivity index (χ4v) is 15.4. The first-order chi connectivity index (χ1) is 64.3. The zero-order chi connectivity index (χ0) is 104. The lowest BCUT2D eigenvalue weighted by atomic mass is 9.88. The van der Waals surface area contributed by atoms with Crippen molar-refractivity contribution in [3.63, 3.8) is 0 Å². The van der Waals surface area contributed by atoms with Gasteiger partial charge in [0.1, 0.15) is 72.5 Å². The predicted molar refractivity (Wildman–Crippen MR) is 455 cm³/mol. The summed E-state index contributed by atoms with van der Waals surface area (Å²) in [5, 5.41) is 44.5. The summed E-state index contributed by atoms with van der Waals surface area (Å²) in [6, 6.07) is -10.7. The maximum atomic E-state index is 15.0. The molecule has 0 bridgehead atoms. The number of hydrogen-bond donors (Lipinski definition) is 19. The molecule has 40 nitrogen and oxygen atoms in total. The Balaban J connectivity index is 1.32. The summed E-state index contributed by atoms with van der Waals surface area (Å²) in [5.41, 5.74) is 33.7. The van der Waals surface area contributed by atoms with E-state index in [1.807, 2.05) is 0 Å². The molecule has 25 N–H and O–H groups in total. The van der Waals surface area contributed by atoms with Gasteiger partial charge in [0.05, 0.1) is 19.5 Å². The van der Waals surface area contributed by atoms with E-state index in [1.54, 1.807) is 50.4 Å².